The molecule has 0 aliphatic carbocycles. The van der Waals surface area contributed by atoms with Crippen LogP contribution in [-0.2, 0) is 47.5 Å². The Bertz CT molecular complexity index is 3120. The Morgan fingerprint density at radius 1 is 0.609 bits per heavy atom. The smallest absolute Gasteiger partial charge is 0.408 e. The zero-order valence-electron chi connectivity index (χ0n) is 54.2. The highest BCUT2D eigenvalue weighted by molar-refractivity contribution is 5.92. The molecule has 6 rings (SSSR count). The maximum Gasteiger partial charge on any atom is 0.408 e. The summed E-state index contributed by atoms with van der Waals surface area (Å²) in [5.41, 5.74) is 12.9. The summed E-state index contributed by atoms with van der Waals surface area (Å²) in [4.78, 5) is 83.0. The number of carbonyl (C=O) groups is 6. The molecule has 0 spiro atoms. The van der Waals surface area contributed by atoms with Gasteiger partial charge in [-0.25, -0.2) is 34.3 Å². The zero-order valence-corrected chi connectivity index (χ0v) is 54.2. The van der Waals surface area contributed by atoms with E-state index >= 15 is 0 Å². The molecule has 6 atom stereocenters. The lowest BCUT2D eigenvalue weighted by Gasteiger charge is -2.19. The van der Waals surface area contributed by atoms with Gasteiger partial charge in [0.05, 0.1) is 55.0 Å². The maximum atomic E-state index is 11.7. The summed E-state index contributed by atoms with van der Waals surface area (Å²) in [6.45, 7) is 16.9. The van der Waals surface area contributed by atoms with Crippen molar-refractivity contribution in [1.29, 1.82) is 0 Å². The minimum absolute atomic E-state index is 0.190. The van der Waals surface area contributed by atoms with Gasteiger partial charge in [-0.2, -0.15) is 0 Å². The number of aromatic nitrogens is 6. The topological polar surface area (TPSA) is 438 Å². The number of nitrogens with two attached hydrogens (primary N) is 2. The highest BCUT2D eigenvalue weighted by atomic mass is 16.6. The number of ether oxygens (including phenoxy) is 7. The molecule has 4 aromatic rings. The van der Waals surface area contributed by atoms with Crippen LogP contribution in [0.25, 0.3) is 22.1 Å². The molecule has 0 unspecified atom stereocenters. The van der Waals surface area contributed by atoms with Gasteiger partial charge in [-0.3, -0.25) is 14.4 Å². The first-order valence-electron chi connectivity index (χ1n) is 29.8. The van der Waals surface area contributed by atoms with Crippen LogP contribution in [0.3, 0.4) is 0 Å². The lowest BCUT2D eigenvalue weighted by atomic mass is 10.2. The van der Waals surface area contributed by atoms with Crippen LogP contribution in [0.1, 0.15) is 157 Å². The third kappa shape index (κ3) is 31.0. The first kappa shape index (κ1) is 79.6. The number of nitrogens with one attached hydrogen (secondary N) is 3. The zero-order chi connectivity index (χ0) is 69.2. The van der Waals surface area contributed by atoms with Gasteiger partial charge in [0.15, 0.2) is 0 Å². The number of aryl methyl sites for hydroxylation is 1. The van der Waals surface area contributed by atoms with Crippen molar-refractivity contribution in [3.63, 3.8) is 0 Å². The highest BCUT2D eigenvalue weighted by Gasteiger charge is 2.37. The van der Waals surface area contributed by atoms with Crippen molar-refractivity contribution in [1.82, 2.24) is 45.0 Å². The summed E-state index contributed by atoms with van der Waals surface area (Å²) < 4.78 is 39.8. The van der Waals surface area contributed by atoms with Gasteiger partial charge < -0.3 is 100 Å². The third-order valence-corrected chi connectivity index (χ3v) is 12.1. The fourth-order valence-corrected chi connectivity index (χ4v) is 8.03. The van der Waals surface area contributed by atoms with E-state index in [0.717, 1.165) is 43.1 Å². The van der Waals surface area contributed by atoms with E-state index in [1.54, 1.807) is 73.1 Å². The number of terminal acetylenes is 2. The van der Waals surface area contributed by atoms with E-state index in [0.29, 0.717) is 73.2 Å². The quantitative estimate of drug-likeness (QED) is 0.0238. The average molecular weight is 1300 g/mol. The molecule has 510 valence electrons. The molecular weight excluding hydrogens is 1200 g/mol. The molecule has 2 saturated heterocycles. The number of hydrogen-bond donors (Lipinski definition) is 11. The standard InChI is InChI=1S/C24H33N5O7.C13H21NO4.C12H16N4O3.C7H13NO4.C6H10O/c1-24(2,3)36-23(33)26-11-19(32)34-9-7-5-4-6-8-15-12-29(18-10-16(31)17(13-30)35-18)22-20(15)21(25)27-14-28-22;1-5-6-7-8-9-17-11(15)10-14-12(16)18-13(2,3)4;1-6-3-16(9-2-7(18)8(4-17)19-9)12-10(6)11(13)14-5-15-12;1-7(2,3)12-6(11)8-4-5(9)10;1-2-3-4-5-6-7/h12,14,16-18,30-31H,4-5,7,9-11,13H2,1-3H3,(H,26,33)(H2,25,27,28);1H,6-10H2,2-4H3,(H,14,16);3,5,7-9,17-18H,2,4H2,1H3,(H2,13,14,15);4H2,1-3H3,(H,8,11)(H,9,10);1,7H,3-6H2/t16-,17-,18-;;7-,8-,9-;;/m1.1../s1. The number of rotatable bonds is 21. The van der Waals surface area contributed by atoms with Gasteiger partial charge in [-0.1, -0.05) is 11.8 Å². The van der Waals surface area contributed by atoms with Crippen LogP contribution >= 0.6 is 0 Å². The van der Waals surface area contributed by atoms with E-state index in [9.17, 15) is 44.1 Å². The highest BCUT2D eigenvalue weighted by Crippen LogP contribution is 2.35. The lowest BCUT2D eigenvalue weighted by molar-refractivity contribution is -0.143. The normalized spacial score (nSPS) is 17.3. The first-order chi connectivity index (χ1) is 43.3. The Morgan fingerprint density at radius 3 is 1.41 bits per heavy atom. The van der Waals surface area contributed by atoms with Crippen molar-refractivity contribution in [2.24, 2.45) is 0 Å². The largest absolute Gasteiger partial charge is 0.480 e. The number of anilines is 2. The van der Waals surface area contributed by atoms with Crippen LogP contribution in [0.5, 0.6) is 0 Å². The Labute approximate surface area is 536 Å². The molecule has 2 aliphatic heterocycles. The summed E-state index contributed by atoms with van der Waals surface area (Å²) in [7, 11) is 0. The van der Waals surface area contributed by atoms with E-state index < -0.39 is 90.2 Å². The van der Waals surface area contributed by atoms with Gasteiger partial charge in [0, 0.05) is 51.1 Å². The van der Waals surface area contributed by atoms with Crippen LogP contribution in [0, 0.1) is 43.5 Å². The third-order valence-electron chi connectivity index (χ3n) is 12.1. The number of esters is 2. The number of nitrogen functional groups attached to an aromatic ring is 2. The number of aliphatic hydroxyl groups is 5. The molecule has 6 heterocycles. The van der Waals surface area contributed by atoms with Crippen LogP contribution < -0.4 is 27.4 Å². The molecule has 0 saturated carbocycles. The SMILES string of the molecule is C#CCCCCO.C#CCCCCOC(=O)CNC(=O)OC(C)(C)C.CC(C)(C)OC(=O)NCC(=O)O.CC(C)(C)OC(=O)NCC(=O)OCCCCC#Cc1cn([C@H]2C[C@@H](O)[C@@H](CO)O2)c2ncnc(N)c12.Cc1cn([C@H]2C[C@@H](O)[C@@H](CO)O2)c2ncnc(N)c12. The molecule has 13 N–H and O–H groups in total. The fourth-order valence-electron chi connectivity index (χ4n) is 8.03. The van der Waals surface area contributed by atoms with Crippen molar-refractivity contribution >= 4 is 69.9 Å². The number of unbranched alkanes of at least 4 members (excludes halogenated alkanes) is 6. The summed E-state index contributed by atoms with van der Waals surface area (Å²) in [5.74, 6) is 9.76. The van der Waals surface area contributed by atoms with Gasteiger partial charge in [0.2, 0.25) is 0 Å². The number of aliphatic carboxylic acids is 1. The molecule has 92 heavy (non-hydrogen) atoms. The monoisotopic (exact) mass is 1300 g/mol. The van der Waals surface area contributed by atoms with Gasteiger partial charge in [0.25, 0.3) is 0 Å². The summed E-state index contributed by atoms with van der Waals surface area (Å²) in [6, 6.07) is 0. The summed E-state index contributed by atoms with van der Waals surface area (Å²) in [6.07, 6.45) is 18.2. The van der Waals surface area contributed by atoms with E-state index in [4.69, 9.17) is 72.8 Å². The predicted octanol–water partition coefficient (Wildman–Crippen LogP) is 4.44. The van der Waals surface area contributed by atoms with Crippen molar-refractivity contribution in [2.75, 3.05) is 64.1 Å². The van der Waals surface area contributed by atoms with Crippen molar-refractivity contribution in [3.05, 3.63) is 36.2 Å². The molecule has 30 heteroatoms. The molecule has 0 bridgehead atoms. The van der Waals surface area contributed by atoms with E-state index in [1.807, 2.05) is 17.7 Å². The van der Waals surface area contributed by atoms with E-state index in [2.05, 4.69) is 59.6 Å². The molecule has 2 fully saturated rings. The number of hydrogen-bond acceptors (Lipinski definition) is 24. The van der Waals surface area contributed by atoms with Crippen molar-refractivity contribution in [2.45, 2.75) is 194 Å². The molecule has 30 nitrogen and oxygen atoms in total. The molecule has 2 aliphatic rings. The number of nitrogens with zero attached hydrogens (tertiary/aromatic N) is 6. The number of alkyl carbamates (subject to hydrolysis) is 3. The number of fused-ring (bicyclic) bond motifs is 2. The molecule has 3 amide bonds. The molecule has 0 aromatic carbocycles. The molecular formula is C62H93N11O19. The number of carboxylic acid groups (broad SMARTS) is 1. The molecule has 4 aromatic heterocycles. The minimum atomic E-state index is -1.10. The Balaban J connectivity index is 0.000000435. The lowest BCUT2D eigenvalue weighted by Crippen LogP contribution is -2.36. The second kappa shape index (κ2) is 40.3. The van der Waals surface area contributed by atoms with Gasteiger partial charge in [-0.15, -0.1) is 24.7 Å². The summed E-state index contributed by atoms with van der Waals surface area (Å²) >= 11 is 0. The van der Waals surface area contributed by atoms with Gasteiger partial charge >= 0.3 is 36.2 Å². The van der Waals surface area contributed by atoms with Crippen LogP contribution in [0.15, 0.2) is 25.0 Å². The number of carboxylic acids is 1. The van der Waals surface area contributed by atoms with Crippen LogP contribution in [0.4, 0.5) is 26.0 Å². The Kier molecular flexibility index (Phi) is 34.9. The average Bonchev–Trinajstić information content (AvgIpc) is 1.64. The predicted molar refractivity (Wildman–Crippen MR) is 337 cm³/mol. The first-order valence-corrected chi connectivity index (χ1v) is 29.8. The number of aliphatic hydroxyl groups excluding tert-OH is 5. The fraction of sp³-hybridized carbons (Fsp3) is 0.613. The Morgan fingerprint density at radius 2 is 1.01 bits per heavy atom. The van der Waals surface area contributed by atoms with E-state index in [1.165, 1.54) is 12.7 Å². The molecule has 0 radical (unpaired) electrons. The van der Waals surface area contributed by atoms with Crippen molar-refractivity contribution < 1.29 is 92.6 Å². The number of amides is 3. The minimum Gasteiger partial charge on any atom is -0.480 e. The maximum absolute atomic E-state index is 11.7. The van der Waals surface area contributed by atoms with Crippen LogP contribution in [0.2, 0.25) is 0 Å². The Hall–Kier alpha value is -8.54. The number of carbonyl (C=O) groups excluding carboxylic acids is 5. The van der Waals surface area contributed by atoms with Gasteiger partial charge in [-0.05, 0) is 113 Å². The van der Waals surface area contributed by atoms with E-state index in [-0.39, 0.29) is 51.6 Å². The van der Waals surface area contributed by atoms with Crippen LogP contribution in [-0.4, -0.2) is 190 Å². The summed E-state index contributed by atoms with van der Waals surface area (Å²) in [5, 5.41) is 62.9. The van der Waals surface area contributed by atoms with Gasteiger partial charge in [0.1, 0.15) is 96.7 Å². The second-order valence-corrected chi connectivity index (χ2v) is 23.5. The second-order valence-electron chi connectivity index (χ2n) is 23.5. The van der Waals surface area contributed by atoms with Crippen molar-refractivity contribution in [3.8, 4) is 36.5 Å².